The molecule has 0 amide bonds. The van der Waals surface area contributed by atoms with Crippen molar-refractivity contribution in [3.05, 3.63) is 48.0 Å². The van der Waals surface area contributed by atoms with E-state index in [1.807, 2.05) is 0 Å². The standard InChI is InChI=1S/C18H20N2O5/c1-18(2)24-16(22)12(17(23)25-18)8-11-20-10-5-7-14(20)15(21)13-6-4-9-19(13)3/h4-7,9-10,12H,8,11H2,1-3H3. The van der Waals surface area contributed by atoms with Crippen molar-refractivity contribution in [2.45, 2.75) is 32.6 Å². The lowest BCUT2D eigenvalue weighted by Crippen LogP contribution is -2.46. The summed E-state index contributed by atoms with van der Waals surface area (Å²) in [6, 6.07) is 7.03. The first-order valence-electron chi connectivity index (χ1n) is 8.05. The Labute approximate surface area is 145 Å². The molecule has 0 aliphatic carbocycles. The molecule has 7 nitrogen and oxygen atoms in total. The van der Waals surface area contributed by atoms with Crippen LogP contribution in [0.1, 0.15) is 36.5 Å². The summed E-state index contributed by atoms with van der Waals surface area (Å²) in [5.41, 5.74) is 1.07. The molecule has 1 aliphatic heterocycles. The highest BCUT2D eigenvalue weighted by Gasteiger charge is 2.42. The quantitative estimate of drug-likeness (QED) is 0.470. The van der Waals surface area contributed by atoms with Gasteiger partial charge in [-0.1, -0.05) is 0 Å². The maximum Gasteiger partial charge on any atom is 0.323 e. The molecule has 2 aromatic rings. The van der Waals surface area contributed by atoms with Crippen LogP contribution < -0.4 is 0 Å². The largest absolute Gasteiger partial charge is 0.422 e. The normalized spacial score (nSPS) is 17.2. The van der Waals surface area contributed by atoms with E-state index in [0.717, 1.165) is 0 Å². The lowest BCUT2D eigenvalue weighted by atomic mass is 10.0. The van der Waals surface area contributed by atoms with E-state index in [9.17, 15) is 14.4 Å². The van der Waals surface area contributed by atoms with Crippen LogP contribution in [0.4, 0.5) is 0 Å². The molecule has 3 heterocycles. The van der Waals surface area contributed by atoms with Crippen LogP contribution in [0.15, 0.2) is 36.7 Å². The highest BCUT2D eigenvalue weighted by Crippen LogP contribution is 2.25. The summed E-state index contributed by atoms with van der Waals surface area (Å²) in [7, 11) is 1.80. The Kier molecular flexibility index (Phi) is 4.24. The van der Waals surface area contributed by atoms with Crippen molar-refractivity contribution in [1.82, 2.24) is 9.13 Å². The van der Waals surface area contributed by atoms with Crippen molar-refractivity contribution in [1.29, 1.82) is 0 Å². The van der Waals surface area contributed by atoms with Crippen LogP contribution in [-0.2, 0) is 32.7 Å². The minimum absolute atomic E-state index is 0.118. The van der Waals surface area contributed by atoms with E-state index in [0.29, 0.717) is 17.9 Å². The minimum Gasteiger partial charge on any atom is -0.422 e. The Morgan fingerprint density at radius 1 is 1.08 bits per heavy atom. The van der Waals surface area contributed by atoms with Gasteiger partial charge in [0.05, 0.1) is 11.4 Å². The van der Waals surface area contributed by atoms with Crippen LogP contribution >= 0.6 is 0 Å². The van der Waals surface area contributed by atoms with Gasteiger partial charge in [0.25, 0.3) is 5.79 Å². The van der Waals surface area contributed by atoms with E-state index < -0.39 is 23.6 Å². The number of cyclic esters (lactones) is 2. The molecule has 7 heteroatoms. The Hall–Kier alpha value is -2.83. The molecule has 3 rings (SSSR count). The van der Waals surface area contributed by atoms with Gasteiger partial charge in [0.15, 0.2) is 5.92 Å². The van der Waals surface area contributed by atoms with Crippen molar-refractivity contribution in [3.8, 4) is 0 Å². The third-order valence-corrected chi connectivity index (χ3v) is 4.16. The third kappa shape index (κ3) is 3.35. The number of aryl methyl sites for hydroxylation is 2. The Morgan fingerprint density at radius 2 is 1.68 bits per heavy atom. The first-order valence-corrected chi connectivity index (χ1v) is 8.05. The SMILES string of the molecule is Cn1cccc1C(=O)c1cccn1CCC1C(=O)OC(C)(C)OC1=O. The number of ketones is 1. The number of nitrogens with zero attached hydrogens (tertiary/aromatic N) is 2. The molecule has 0 unspecified atom stereocenters. The minimum atomic E-state index is -1.23. The summed E-state index contributed by atoms with van der Waals surface area (Å²) in [4.78, 5) is 36.7. The maximum absolute atomic E-state index is 12.7. The van der Waals surface area contributed by atoms with Crippen molar-refractivity contribution in [3.63, 3.8) is 0 Å². The van der Waals surface area contributed by atoms with Crippen molar-refractivity contribution in [2.24, 2.45) is 13.0 Å². The Bertz CT molecular complexity index is 810. The number of aromatic nitrogens is 2. The first-order chi connectivity index (χ1) is 11.8. The van der Waals surface area contributed by atoms with Crippen molar-refractivity contribution in [2.75, 3.05) is 0 Å². The molecule has 0 aromatic carbocycles. The fourth-order valence-electron chi connectivity index (χ4n) is 2.89. The molecule has 1 saturated heterocycles. The average Bonchev–Trinajstić information content (AvgIpc) is 3.13. The van der Waals surface area contributed by atoms with Gasteiger partial charge in [-0.2, -0.15) is 0 Å². The molecule has 0 saturated carbocycles. The summed E-state index contributed by atoms with van der Waals surface area (Å²) < 4.78 is 13.7. The fourth-order valence-corrected chi connectivity index (χ4v) is 2.89. The van der Waals surface area contributed by atoms with Gasteiger partial charge in [0.1, 0.15) is 0 Å². The number of carbonyl (C=O) groups is 3. The molecule has 1 fully saturated rings. The van der Waals surface area contributed by atoms with Gasteiger partial charge < -0.3 is 18.6 Å². The molecule has 2 aromatic heterocycles. The summed E-state index contributed by atoms with van der Waals surface area (Å²) >= 11 is 0. The van der Waals surface area contributed by atoms with Gasteiger partial charge >= 0.3 is 11.9 Å². The van der Waals surface area contributed by atoms with Gasteiger partial charge in [-0.3, -0.25) is 14.4 Å². The number of rotatable bonds is 5. The smallest absolute Gasteiger partial charge is 0.323 e. The van der Waals surface area contributed by atoms with Crippen LogP contribution in [0.3, 0.4) is 0 Å². The second kappa shape index (κ2) is 6.23. The number of ether oxygens (including phenoxy) is 2. The molecule has 0 radical (unpaired) electrons. The molecule has 0 N–H and O–H groups in total. The molecular formula is C18H20N2O5. The molecule has 0 atom stereocenters. The second-order valence-electron chi connectivity index (χ2n) is 6.50. The molecule has 0 bridgehead atoms. The Balaban J connectivity index is 1.72. The molecular weight excluding hydrogens is 324 g/mol. The van der Waals surface area contributed by atoms with E-state index in [4.69, 9.17) is 9.47 Å². The summed E-state index contributed by atoms with van der Waals surface area (Å²) in [5, 5.41) is 0. The molecule has 0 spiro atoms. The number of carbonyl (C=O) groups excluding carboxylic acids is 3. The van der Waals surface area contributed by atoms with Gasteiger partial charge in [0.2, 0.25) is 5.78 Å². The van der Waals surface area contributed by atoms with Crippen molar-refractivity contribution >= 4 is 17.7 Å². The lowest BCUT2D eigenvalue weighted by molar-refractivity contribution is -0.240. The number of esters is 2. The van der Waals surface area contributed by atoms with Crippen LogP contribution in [0.5, 0.6) is 0 Å². The first kappa shape index (κ1) is 17.0. The fraction of sp³-hybridized carbons (Fsp3) is 0.389. The molecule has 132 valence electrons. The van der Waals surface area contributed by atoms with Crippen molar-refractivity contribution < 1.29 is 23.9 Å². The Morgan fingerprint density at radius 3 is 2.28 bits per heavy atom. The van der Waals surface area contributed by atoms with Gasteiger partial charge in [-0.15, -0.1) is 0 Å². The van der Waals surface area contributed by atoms with Crippen LogP contribution in [-0.4, -0.2) is 32.6 Å². The van der Waals surface area contributed by atoms with E-state index in [-0.39, 0.29) is 12.2 Å². The van der Waals surface area contributed by atoms with E-state index in [2.05, 4.69) is 0 Å². The summed E-state index contributed by atoms with van der Waals surface area (Å²) in [6.07, 6.45) is 3.76. The van der Waals surface area contributed by atoms with Crippen LogP contribution in [0, 0.1) is 5.92 Å². The third-order valence-electron chi connectivity index (χ3n) is 4.16. The highest BCUT2D eigenvalue weighted by molar-refractivity contribution is 6.07. The zero-order chi connectivity index (χ0) is 18.2. The average molecular weight is 344 g/mol. The lowest BCUT2D eigenvalue weighted by Gasteiger charge is -2.32. The predicted molar refractivity (Wildman–Crippen MR) is 87.6 cm³/mol. The number of hydrogen-bond donors (Lipinski definition) is 0. The zero-order valence-corrected chi connectivity index (χ0v) is 14.4. The summed E-state index contributed by atoms with van der Waals surface area (Å²) in [6.45, 7) is 3.36. The molecule has 1 aliphatic rings. The van der Waals surface area contributed by atoms with E-state index >= 15 is 0 Å². The predicted octanol–water partition coefficient (Wildman–Crippen LogP) is 1.90. The zero-order valence-electron chi connectivity index (χ0n) is 14.4. The highest BCUT2D eigenvalue weighted by atomic mass is 16.7. The van der Waals surface area contributed by atoms with Crippen LogP contribution in [0.25, 0.3) is 0 Å². The number of hydrogen-bond acceptors (Lipinski definition) is 5. The van der Waals surface area contributed by atoms with E-state index in [1.165, 1.54) is 13.8 Å². The van der Waals surface area contributed by atoms with Gasteiger partial charge in [-0.25, -0.2) is 0 Å². The topological polar surface area (TPSA) is 79.5 Å². The molecule has 25 heavy (non-hydrogen) atoms. The monoisotopic (exact) mass is 344 g/mol. The van der Waals surface area contributed by atoms with Crippen LogP contribution in [0.2, 0.25) is 0 Å². The van der Waals surface area contributed by atoms with Gasteiger partial charge in [-0.05, 0) is 30.7 Å². The second-order valence-corrected chi connectivity index (χ2v) is 6.50. The maximum atomic E-state index is 12.7. The summed E-state index contributed by atoms with van der Waals surface area (Å²) in [5.74, 6) is -3.51. The van der Waals surface area contributed by atoms with Gasteiger partial charge in [0, 0.05) is 39.8 Å². The van der Waals surface area contributed by atoms with E-state index in [1.54, 1.807) is 52.8 Å².